The highest BCUT2D eigenvalue weighted by molar-refractivity contribution is 5.96. The second-order valence-electron chi connectivity index (χ2n) is 4.70. The number of benzene rings is 1. The maximum Gasteiger partial charge on any atom is 0.254 e. The number of hydrogen-bond acceptors (Lipinski definition) is 2. The summed E-state index contributed by atoms with van der Waals surface area (Å²) >= 11 is 0. The monoisotopic (exact) mass is 232 g/mol. The Morgan fingerprint density at radius 1 is 1.41 bits per heavy atom. The molecule has 17 heavy (non-hydrogen) atoms. The van der Waals surface area contributed by atoms with Gasteiger partial charge in [-0.25, -0.2) is 0 Å². The van der Waals surface area contributed by atoms with E-state index < -0.39 is 0 Å². The summed E-state index contributed by atoms with van der Waals surface area (Å²) in [6, 6.07) is 8.31. The van der Waals surface area contributed by atoms with Gasteiger partial charge >= 0.3 is 0 Å². The molecule has 0 radical (unpaired) electrons. The van der Waals surface area contributed by atoms with Gasteiger partial charge in [-0.3, -0.25) is 4.79 Å². The van der Waals surface area contributed by atoms with Gasteiger partial charge in [0.1, 0.15) is 0 Å². The van der Waals surface area contributed by atoms with E-state index >= 15 is 0 Å². The molecule has 0 spiro atoms. The van der Waals surface area contributed by atoms with Crippen molar-refractivity contribution >= 4 is 5.91 Å². The molecule has 1 unspecified atom stereocenters. The number of nitrogens with one attached hydrogen (secondary N) is 1. The Hall–Kier alpha value is -1.35. The molecule has 1 aromatic rings. The van der Waals surface area contributed by atoms with Crippen LogP contribution in [0, 0.1) is 0 Å². The molecule has 1 N–H and O–H groups in total. The molecule has 0 fully saturated rings. The zero-order chi connectivity index (χ0) is 12.3. The van der Waals surface area contributed by atoms with Crippen molar-refractivity contribution in [1.29, 1.82) is 0 Å². The van der Waals surface area contributed by atoms with Crippen LogP contribution in [-0.4, -0.2) is 37.0 Å². The lowest BCUT2D eigenvalue weighted by Crippen LogP contribution is -2.41. The lowest BCUT2D eigenvalue weighted by atomic mass is 10.0. The SMILES string of the molecule is CNC(C)CN1CCCc2ccccc2C1=O. The summed E-state index contributed by atoms with van der Waals surface area (Å²) in [5, 5.41) is 3.18. The summed E-state index contributed by atoms with van der Waals surface area (Å²) in [6.45, 7) is 3.74. The minimum atomic E-state index is 0.181. The molecule has 1 aliphatic heterocycles. The Labute approximate surface area is 103 Å². The fraction of sp³-hybridized carbons (Fsp3) is 0.500. The Morgan fingerprint density at radius 2 is 2.18 bits per heavy atom. The van der Waals surface area contributed by atoms with Crippen molar-refractivity contribution in [3.63, 3.8) is 0 Å². The van der Waals surface area contributed by atoms with E-state index in [-0.39, 0.29) is 5.91 Å². The normalized spacial score (nSPS) is 17.5. The average molecular weight is 232 g/mol. The van der Waals surface area contributed by atoms with E-state index in [9.17, 15) is 4.79 Å². The van der Waals surface area contributed by atoms with Crippen molar-refractivity contribution in [2.45, 2.75) is 25.8 Å². The van der Waals surface area contributed by atoms with Crippen LogP contribution in [0.3, 0.4) is 0 Å². The van der Waals surface area contributed by atoms with Gasteiger partial charge in [0.05, 0.1) is 0 Å². The summed E-state index contributed by atoms with van der Waals surface area (Å²) in [4.78, 5) is 14.4. The highest BCUT2D eigenvalue weighted by Crippen LogP contribution is 2.18. The summed E-state index contributed by atoms with van der Waals surface area (Å²) in [7, 11) is 1.93. The summed E-state index contributed by atoms with van der Waals surface area (Å²) in [5.41, 5.74) is 2.07. The molecule has 1 heterocycles. The van der Waals surface area contributed by atoms with Crippen LogP contribution < -0.4 is 5.32 Å². The highest BCUT2D eigenvalue weighted by atomic mass is 16.2. The summed E-state index contributed by atoms with van der Waals surface area (Å²) in [5.74, 6) is 0.181. The number of rotatable bonds is 3. The lowest BCUT2D eigenvalue weighted by Gasteiger charge is -2.24. The third-order valence-electron chi connectivity index (χ3n) is 3.40. The zero-order valence-corrected chi connectivity index (χ0v) is 10.6. The van der Waals surface area contributed by atoms with Gasteiger partial charge in [-0.15, -0.1) is 0 Å². The molecule has 2 rings (SSSR count). The quantitative estimate of drug-likeness (QED) is 0.860. The van der Waals surface area contributed by atoms with Crippen LogP contribution in [0.25, 0.3) is 0 Å². The first-order chi connectivity index (χ1) is 8.22. The molecule has 92 valence electrons. The van der Waals surface area contributed by atoms with Crippen LogP contribution in [0.4, 0.5) is 0 Å². The maximum absolute atomic E-state index is 12.4. The van der Waals surface area contributed by atoms with E-state index in [2.05, 4.69) is 18.3 Å². The summed E-state index contributed by atoms with van der Waals surface area (Å²) < 4.78 is 0. The van der Waals surface area contributed by atoms with Gasteiger partial charge in [0.25, 0.3) is 5.91 Å². The number of aryl methyl sites for hydroxylation is 1. The molecular weight excluding hydrogens is 212 g/mol. The Kier molecular flexibility index (Phi) is 3.79. The topological polar surface area (TPSA) is 32.3 Å². The van der Waals surface area contributed by atoms with Crippen LogP contribution in [0.2, 0.25) is 0 Å². The van der Waals surface area contributed by atoms with Gasteiger partial charge in [-0.2, -0.15) is 0 Å². The third kappa shape index (κ3) is 2.67. The fourth-order valence-corrected chi connectivity index (χ4v) is 2.28. The van der Waals surface area contributed by atoms with E-state index in [1.165, 1.54) is 5.56 Å². The molecule has 3 nitrogen and oxygen atoms in total. The molecule has 0 bridgehead atoms. The Bertz CT molecular complexity index is 403. The Balaban J connectivity index is 2.20. The van der Waals surface area contributed by atoms with Crippen molar-refractivity contribution < 1.29 is 4.79 Å². The molecule has 0 saturated carbocycles. The Morgan fingerprint density at radius 3 is 2.94 bits per heavy atom. The van der Waals surface area contributed by atoms with Crippen molar-refractivity contribution in [3.05, 3.63) is 35.4 Å². The number of carbonyl (C=O) groups excluding carboxylic acids is 1. The van der Waals surface area contributed by atoms with E-state index in [1.54, 1.807) is 0 Å². The standard InChI is InChI=1S/C14H20N2O/c1-11(15-2)10-16-9-5-7-12-6-3-4-8-13(12)14(16)17/h3-4,6,8,11,15H,5,7,9-10H2,1-2H3. The first-order valence-corrected chi connectivity index (χ1v) is 6.27. The smallest absolute Gasteiger partial charge is 0.254 e. The first-order valence-electron chi connectivity index (χ1n) is 6.27. The second-order valence-corrected chi connectivity index (χ2v) is 4.70. The van der Waals surface area contributed by atoms with E-state index in [0.717, 1.165) is 31.5 Å². The molecule has 0 saturated heterocycles. The number of nitrogens with zero attached hydrogens (tertiary/aromatic N) is 1. The average Bonchev–Trinajstić information content (AvgIpc) is 2.51. The van der Waals surface area contributed by atoms with E-state index in [1.807, 2.05) is 30.1 Å². The van der Waals surface area contributed by atoms with E-state index in [4.69, 9.17) is 0 Å². The second kappa shape index (κ2) is 5.32. The molecule has 1 aromatic carbocycles. The molecule has 1 amide bonds. The lowest BCUT2D eigenvalue weighted by molar-refractivity contribution is 0.0748. The summed E-state index contributed by atoms with van der Waals surface area (Å²) in [6.07, 6.45) is 2.06. The molecule has 1 aliphatic rings. The van der Waals surface area contributed by atoms with Gasteiger partial charge in [0.15, 0.2) is 0 Å². The first kappa shape index (κ1) is 12.1. The molecular formula is C14H20N2O. The zero-order valence-electron chi connectivity index (χ0n) is 10.6. The maximum atomic E-state index is 12.4. The van der Waals surface area contributed by atoms with Crippen LogP contribution in [-0.2, 0) is 6.42 Å². The van der Waals surface area contributed by atoms with E-state index in [0.29, 0.717) is 6.04 Å². The van der Waals surface area contributed by atoms with Gasteiger partial charge in [-0.1, -0.05) is 18.2 Å². The number of amides is 1. The molecule has 0 aliphatic carbocycles. The number of hydrogen-bond donors (Lipinski definition) is 1. The molecule has 3 heteroatoms. The number of fused-ring (bicyclic) bond motifs is 1. The predicted molar refractivity (Wildman–Crippen MR) is 69.2 cm³/mol. The van der Waals surface area contributed by atoms with Crippen LogP contribution >= 0.6 is 0 Å². The predicted octanol–water partition coefficient (Wildman–Crippen LogP) is 1.68. The number of likely N-dealkylation sites (N-methyl/N-ethyl adjacent to an activating group) is 1. The van der Waals surface area contributed by atoms with Crippen LogP contribution in [0.15, 0.2) is 24.3 Å². The molecule has 1 atom stereocenters. The molecule has 0 aromatic heterocycles. The van der Waals surface area contributed by atoms with Gasteiger partial charge in [0.2, 0.25) is 0 Å². The third-order valence-corrected chi connectivity index (χ3v) is 3.40. The van der Waals surface area contributed by atoms with Crippen LogP contribution in [0.1, 0.15) is 29.3 Å². The van der Waals surface area contributed by atoms with Gasteiger partial charge in [0, 0.05) is 24.7 Å². The van der Waals surface area contributed by atoms with Crippen molar-refractivity contribution in [2.75, 3.05) is 20.1 Å². The van der Waals surface area contributed by atoms with Crippen LogP contribution in [0.5, 0.6) is 0 Å². The number of carbonyl (C=O) groups is 1. The highest BCUT2D eigenvalue weighted by Gasteiger charge is 2.22. The van der Waals surface area contributed by atoms with Crippen molar-refractivity contribution in [2.24, 2.45) is 0 Å². The minimum absolute atomic E-state index is 0.181. The van der Waals surface area contributed by atoms with Crippen molar-refractivity contribution in [1.82, 2.24) is 10.2 Å². The van der Waals surface area contributed by atoms with Gasteiger partial charge < -0.3 is 10.2 Å². The minimum Gasteiger partial charge on any atom is -0.337 e. The fourth-order valence-electron chi connectivity index (χ4n) is 2.28. The largest absolute Gasteiger partial charge is 0.337 e. The van der Waals surface area contributed by atoms with Crippen molar-refractivity contribution in [3.8, 4) is 0 Å². The van der Waals surface area contributed by atoms with Gasteiger partial charge in [-0.05, 0) is 38.4 Å².